The Labute approximate surface area is 99.9 Å². The summed E-state index contributed by atoms with van der Waals surface area (Å²) < 4.78 is 4.40. The molecule has 0 saturated carbocycles. The van der Waals surface area contributed by atoms with Gasteiger partial charge in [0.2, 0.25) is 0 Å². The van der Waals surface area contributed by atoms with Crippen LogP contribution in [0.2, 0.25) is 0 Å². The minimum atomic E-state index is -1.57. The van der Waals surface area contributed by atoms with Gasteiger partial charge < -0.3 is 14.7 Å². The quantitative estimate of drug-likeness (QED) is 0.410. The number of hydrogen-bond donors (Lipinski definition) is 1. The number of carboxylic acid groups (broad SMARTS) is 1. The summed E-state index contributed by atoms with van der Waals surface area (Å²) in [7, 11) is 4.36. The highest BCUT2D eigenvalue weighted by atomic mass is 16.5. The van der Waals surface area contributed by atoms with E-state index >= 15 is 0 Å². The molecule has 0 aromatic heterocycles. The van der Waals surface area contributed by atoms with Crippen LogP contribution in [0.5, 0.6) is 0 Å². The number of rotatable bonds is 6. The molecule has 0 rings (SSSR count). The summed E-state index contributed by atoms with van der Waals surface area (Å²) in [6, 6.07) is 0. The van der Waals surface area contributed by atoms with Gasteiger partial charge >= 0.3 is 11.9 Å². The van der Waals surface area contributed by atoms with Crippen molar-refractivity contribution in [3.8, 4) is 0 Å². The van der Waals surface area contributed by atoms with Crippen LogP contribution in [0.25, 0.3) is 0 Å². The second-order valence-corrected chi connectivity index (χ2v) is 3.62. The number of methoxy groups -OCH3 is 1. The Morgan fingerprint density at radius 2 is 1.88 bits per heavy atom. The number of carbonyl (C=O) groups excluding carboxylic acids is 2. The van der Waals surface area contributed by atoms with E-state index < -0.39 is 23.6 Å². The third-order valence-corrected chi connectivity index (χ3v) is 2.04. The fourth-order valence-corrected chi connectivity index (χ4v) is 1.27. The molecule has 0 saturated heterocycles. The summed E-state index contributed by atoms with van der Waals surface area (Å²) in [4.78, 5) is 35.6. The van der Waals surface area contributed by atoms with E-state index in [-0.39, 0.29) is 12.0 Å². The molecule has 0 aromatic rings. The van der Waals surface area contributed by atoms with Crippen LogP contribution < -0.4 is 0 Å². The summed E-state index contributed by atoms with van der Waals surface area (Å²) in [5.41, 5.74) is -0.0724. The normalized spacial score (nSPS) is 12.8. The largest absolute Gasteiger partial charge is 0.480 e. The van der Waals surface area contributed by atoms with Gasteiger partial charge in [0.05, 0.1) is 7.11 Å². The van der Waals surface area contributed by atoms with Crippen LogP contribution in [0.4, 0.5) is 0 Å². The molecule has 0 aromatic carbocycles. The first-order valence-corrected chi connectivity index (χ1v) is 5.07. The maximum Gasteiger partial charge on any atom is 0.324 e. The van der Waals surface area contributed by atoms with Gasteiger partial charge in [-0.1, -0.05) is 6.92 Å². The summed E-state index contributed by atoms with van der Waals surface area (Å²) >= 11 is 0. The average molecular weight is 243 g/mol. The molecule has 6 heteroatoms. The van der Waals surface area contributed by atoms with Gasteiger partial charge in [-0.25, -0.2) is 0 Å². The van der Waals surface area contributed by atoms with Crippen LogP contribution in [0.15, 0.2) is 11.8 Å². The lowest BCUT2D eigenvalue weighted by molar-refractivity contribution is -0.155. The molecule has 1 unspecified atom stereocenters. The lowest BCUT2D eigenvalue weighted by Gasteiger charge is -2.15. The Kier molecular flexibility index (Phi) is 5.95. The Balaban J connectivity index is 5.46. The molecule has 0 spiro atoms. The summed E-state index contributed by atoms with van der Waals surface area (Å²) in [6.45, 7) is 1.60. The van der Waals surface area contributed by atoms with Gasteiger partial charge in [-0.05, 0) is 0 Å². The molecule has 0 aliphatic rings. The van der Waals surface area contributed by atoms with Crippen molar-refractivity contribution >= 4 is 17.7 Å². The number of Topliss-reactive ketones (excluding diaryl/α,β-unsaturated/α-hetero) is 1. The Morgan fingerprint density at radius 3 is 2.18 bits per heavy atom. The third-order valence-electron chi connectivity index (χ3n) is 2.04. The maximum atomic E-state index is 11.6. The van der Waals surface area contributed by atoms with Gasteiger partial charge in [0.25, 0.3) is 0 Å². The smallest absolute Gasteiger partial charge is 0.324 e. The first kappa shape index (κ1) is 15.2. The summed E-state index contributed by atoms with van der Waals surface area (Å²) in [5.74, 6) is -4.31. The Bertz CT molecular complexity index is 346. The standard InChI is InChI=1S/C11H17NO5/c1-5-8(13)7(6-12(2)3)9(10(14)15)11(16)17-4/h6,9H,5H2,1-4H3,(H,14,15)/b7-6+. The minimum absolute atomic E-state index is 0.0724. The highest BCUT2D eigenvalue weighted by molar-refractivity contribution is 6.09. The van der Waals surface area contributed by atoms with Crippen LogP contribution in [0, 0.1) is 5.92 Å². The molecule has 0 bridgehead atoms. The first-order valence-electron chi connectivity index (χ1n) is 5.07. The fourth-order valence-electron chi connectivity index (χ4n) is 1.27. The number of esters is 1. The number of carboxylic acids is 1. The molecule has 0 radical (unpaired) electrons. The molecule has 1 N–H and O–H groups in total. The van der Waals surface area contributed by atoms with Crippen molar-refractivity contribution < 1.29 is 24.2 Å². The summed E-state index contributed by atoms with van der Waals surface area (Å²) in [5, 5.41) is 8.99. The van der Waals surface area contributed by atoms with Gasteiger partial charge in [0, 0.05) is 32.3 Å². The number of ether oxygens (including phenoxy) is 1. The number of aliphatic carboxylic acids is 1. The molecule has 0 aliphatic heterocycles. The molecule has 0 aliphatic carbocycles. The van der Waals surface area contributed by atoms with Crippen LogP contribution in [-0.4, -0.2) is 48.9 Å². The maximum absolute atomic E-state index is 11.6. The molecule has 17 heavy (non-hydrogen) atoms. The number of ketones is 1. The van der Waals surface area contributed by atoms with E-state index in [0.29, 0.717) is 0 Å². The van der Waals surface area contributed by atoms with E-state index in [9.17, 15) is 14.4 Å². The zero-order valence-electron chi connectivity index (χ0n) is 10.4. The van der Waals surface area contributed by atoms with Gasteiger partial charge in [0.1, 0.15) is 0 Å². The van der Waals surface area contributed by atoms with Gasteiger partial charge in [-0.3, -0.25) is 14.4 Å². The van der Waals surface area contributed by atoms with Crippen molar-refractivity contribution in [1.29, 1.82) is 0 Å². The lowest BCUT2D eigenvalue weighted by atomic mass is 9.95. The van der Waals surface area contributed by atoms with Crippen molar-refractivity contribution in [2.75, 3.05) is 21.2 Å². The van der Waals surface area contributed by atoms with Crippen molar-refractivity contribution in [2.45, 2.75) is 13.3 Å². The Morgan fingerprint density at radius 1 is 1.35 bits per heavy atom. The van der Waals surface area contributed by atoms with Crippen LogP contribution in [0.3, 0.4) is 0 Å². The minimum Gasteiger partial charge on any atom is -0.480 e. The molecular weight excluding hydrogens is 226 g/mol. The second-order valence-electron chi connectivity index (χ2n) is 3.62. The lowest BCUT2D eigenvalue weighted by Crippen LogP contribution is -2.31. The first-order chi connectivity index (χ1) is 7.84. The van der Waals surface area contributed by atoms with Crippen LogP contribution in [-0.2, 0) is 19.1 Å². The molecule has 6 nitrogen and oxygen atoms in total. The predicted octanol–water partition coefficient (Wildman–Crippen LogP) is 0.285. The molecule has 0 amide bonds. The van der Waals surface area contributed by atoms with E-state index in [0.717, 1.165) is 7.11 Å². The molecular formula is C11H17NO5. The number of hydrogen-bond acceptors (Lipinski definition) is 5. The van der Waals surface area contributed by atoms with E-state index in [1.54, 1.807) is 21.0 Å². The van der Waals surface area contributed by atoms with Crippen LogP contribution in [0.1, 0.15) is 13.3 Å². The van der Waals surface area contributed by atoms with Gasteiger partial charge in [-0.2, -0.15) is 0 Å². The molecule has 0 fully saturated rings. The third kappa shape index (κ3) is 4.26. The van der Waals surface area contributed by atoms with Crippen molar-refractivity contribution in [2.24, 2.45) is 5.92 Å². The zero-order valence-corrected chi connectivity index (χ0v) is 10.4. The highest BCUT2D eigenvalue weighted by Gasteiger charge is 2.34. The Hall–Kier alpha value is -1.85. The zero-order chi connectivity index (χ0) is 13.6. The van der Waals surface area contributed by atoms with Gasteiger partial charge in [-0.15, -0.1) is 0 Å². The topological polar surface area (TPSA) is 83.9 Å². The van der Waals surface area contributed by atoms with E-state index in [2.05, 4.69) is 4.74 Å². The molecule has 1 atom stereocenters. The van der Waals surface area contributed by atoms with Crippen molar-refractivity contribution in [3.05, 3.63) is 11.8 Å². The number of nitrogens with zero attached hydrogens (tertiary/aromatic N) is 1. The number of carbonyl (C=O) groups is 3. The monoisotopic (exact) mass is 243 g/mol. The van der Waals surface area contributed by atoms with E-state index in [1.807, 2.05) is 0 Å². The van der Waals surface area contributed by atoms with Gasteiger partial charge in [0.15, 0.2) is 11.7 Å². The van der Waals surface area contributed by atoms with Crippen molar-refractivity contribution in [3.63, 3.8) is 0 Å². The van der Waals surface area contributed by atoms with E-state index in [4.69, 9.17) is 5.11 Å². The molecule has 96 valence electrons. The second kappa shape index (κ2) is 6.67. The molecule has 0 heterocycles. The SMILES string of the molecule is CCC(=O)/C(=C\N(C)C)C(C(=O)O)C(=O)OC. The summed E-state index contributed by atoms with van der Waals surface area (Å²) in [6.07, 6.45) is 1.46. The van der Waals surface area contributed by atoms with Crippen molar-refractivity contribution in [1.82, 2.24) is 4.90 Å². The van der Waals surface area contributed by atoms with Crippen LogP contribution >= 0.6 is 0 Å². The average Bonchev–Trinajstić information content (AvgIpc) is 2.25. The van der Waals surface area contributed by atoms with E-state index in [1.165, 1.54) is 11.1 Å². The highest BCUT2D eigenvalue weighted by Crippen LogP contribution is 2.16. The predicted molar refractivity (Wildman–Crippen MR) is 60.2 cm³/mol. The fraction of sp³-hybridized carbons (Fsp3) is 0.545.